The van der Waals surface area contributed by atoms with E-state index in [0.717, 1.165) is 17.7 Å². The first kappa shape index (κ1) is 15.5. The number of carbonyl (C=O) groups excluding carboxylic acids is 3. The lowest BCUT2D eigenvalue weighted by Crippen LogP contribution is -2.51. The zero-order chi connectivity index (χ0) is 16.4. The molecule has 23 heavy (non-hydrogen) atoms. The van der Waals surface area contributed by atoms with Crippen LogP contribution in [-0.2, 0) is 14.4 Å². The van der Waals surface area contributed by atoms with Gasteiger partial charge in [-0.2, -0.15) is 0 Å². The van der Waals surface area contributed by atoms with Gasteiger partial charge in [0.2, 0.25) is 17.7 Å². The van der Waals surface area contributed by atoms with Crippen molar-refractivity contribution in [1.29, 1.82) is 0 Å². The molecule has 2 unspecified atom stereocenters. The van der Waals surface area contributed by atoms with Crippen LogP contribution in [0.5, 0.6) is 0 Å². The molecular formula is C17H21N3O3. The van der Waals surface area contributed by atoms with E-state index >= 15 is 0 Å². The van der Waals surface area contributed by atoms with Crippen LogP contribution in [0.4, 0.5) is 5.69 Å². The molecule has 2 aliphatic heterocycles. The van der Waals surface area contributed by atoms with Crippen LogP contribution in [-0.4, -0.2) is 36.9 Å². The second kappa shape index (κ2) is 6.40. The van der Waals surface area contributed by atoms with Gasteiger partial charge in [0.1, 0.15) is 6.04 Å². The number of nitrogens with one attached hydrogen (secondary N) is 2. The molecule has 1 aromatic carbocycles. The minimum Gasteiger partial charge on any atom is -0.354 e. The van der Waals surface area contributed by atoms with Crippen molar-refractivity contribution in [1.82, 2.24) is 10.6 Å². The number of hydrogen-bond donors (Lipinski definition) is 2. The van der Waals surface area contributed by atoms with Crippen molar-refractivity contribution in [3.05, 3.63) is 29.8 Å². The summed E-state index contributed by atoms with van der Waals surface area (Å²) in [5, 5.41) is 5.53. The lowest BCUT2D eigenvalue weighted by molar-refractivity contribution is -0.132. The summed E-state index contributed by atoms with van der Waals surface area (Å²) < 4.78 is 0. The fourth-order valence-corrected chi connectivity index (χ4v) is 3.06. The summed E-state index contributed by atoms with van der Waals surface area (Å²) in [7, 11) is 0. The summed E-state index contributed by atoms with van der Waals surface area (Å²) in [6.07, 6.45) is 1.70. The molecule has 0 bridgehead atoms. The van der Waals surface area contributed by atoms with Gasteiger partial charge in [0.15, 0.2) is 0 Å². The average Bonchev–Trinajstić information content (AvgIpc) is 2.92. The van der Waals surface area contributed by atoms with Gasteiger partial charge < -0.3 is 15.5 Å². The van der Waals surface area contributed by atoms with Gasteiger partial charge in [0.05, 0.1) is 5.92 Å². The van der Waals surface area contributed by atoms with Crippen LogP contribution in [0.1, 0.15) is 24.8 Å². The number of carbonyl (C=O) groups is 3. The molecule has 2 N–H and O–H groups in total. The molecule has 122 valence electrons. The van der Waals surface area contributed by atoms with Gasteiger partial charge >= 0.3 is 0 Å². The first-order valence-electron chi connectivity index (χ1n) is 8.00. The van der Waals surface area contributed by atoms with Crippen LogP contribution in [0.25, 0.3) is 0 Å². The number of benzene rings is 1. The summed E-state index contributed by atoms with van der Waals surface area (Å²) in [4.78, 5) is 37.9. The van der Waals surface area contributed by atoms with E-state index in [1.54, 1.807) is 4.90 Å². The Balaban J connectivity index is 1.63. The third-order valence-corrected chi connectivity index (χ3v) is 4.44. The monoisotopic (exact) mass is 315 g/mol. The third-order valence-electron chi connectivity index (χ3n) is 4.44. The zero-order valence-corrected chi connectivity index (χ0v) is 13.2. The molecule has 0 spiro atoms. The number of nitrogens with zero attached hydrogens (tertiary/aromatic N) is 1. The van der Waals surface area contributed by atoms with Crippen LogP contribution >= 0.6 is 0 Å². The van der Waals surface area contributed by atoms with Crippen LogP contribution in [0.15, 0.2) is 24.3 Å². The van der Waals surface area contributed by atoms with Crippen molar-refractivity contribution in [3.8, 4) is 0 Å². The molecule has 0 aromatic heterocycles. The number of anilines is 1. The van der Waals surface area contributed by atoms with Crippen molar-refractivity contribution in [3.63, 3.8) is 0 Å². The van der Waals surface area contributed by atoms with E-state index in [2.05, 4.69) is 10.6 Å². The maximum atomic E-state index is 12.4. The van der Waals surface area contributed by atoms with Crippen LogP contribution in [0.2, 0.25) is 0 Å². The standard InChI is InChI=1S/C17H21N3O3/c1-11-4-6-13(7-5-11)20-10-12(9-15(20)21)16(22)19-14-3-2-8-18-17(14)23/h4-7,12,14H,2-3,8-10H2,1H3,(H,18,23)(H,19,22). The second-order valence-electron chi connectivity index (χ2n) is 6.24. The normalized spacial score (nSPS) is 24.5. The summed E-state index contributed by atoms with van der Waals surface area (Å²) in [5.74, 6) is -0.806. The Morgan fingerprint density at radius 3 is 2.70 bits per heavy atom. The molecular weight excluding hydrogens is 294 g/mol. The predicted molar refractivity (Wildman–Crippen MR) is 85.8 cm³/mol. The van der Waals surface area contributed by atoms with Gasteiger partial charge in [-0.05, 0) is 31.9 Å². The molecule has 2 aliphatic rings. The van der Waals surface area contributed by atoms with Crippen molar-refractivity contribution in [2.45, 2.75) is 32.2 Å². The van der Waals surface area contributed by atoms with Gasteiger partial charge in [0, 0.05) is 25.2 Å². The molecule has 0 aliphatic carbocycles. The van der Waals surface area contributed by atoms with Crippen molar-refractivity contribution in [2.75, 3.05) is 18.0 Å². The second-order valence-corrected chi connectivity index (χ2v) is 6.24. The lowest BCUT2D eigenvalue weighted by atomic mass is 10.0. The summed E-state index contributed by atoms with van der Waals surface area (Å²) >= 11 is 0. The zero-order valence-electron chi connectivity index (χ0n) is 13.2. The molecule has 6 nitrogen and oxygen atoms in total. The maximum absolute atomic E-state index is 12.4. The fourth-order valence-electron chi connectivity index (χ4n) is 3.06. The number of piperidine rings is 1. The molecule has 1 aromatic rings. The average molecular weight is 315 g/mol. The predicted octanol–water partition coefficient (Wildman–Crippen LogP) is 0.743. The SMILES string of the molecule is Cc1ccc(N2CC(C(=O)NC3CCCNC3=O)CC2=O)cc1. The quantitative estimate of drug-likeness (QED) is 0.864. The Labute approximate surface area is 135 Å². The van der Waals surface area contributed by atoms with Crippen LogP contribution in [0, 0.1) is 12.8 Å². The van der Waals surface area contributed by atoms with Crippen molar-refractivity contribution >= 4 is 23.4 Å². The fraction of sp³-hybridized carbons (Fsp3) is 0.471. The maximum Gasteiger partial charge on any atom is 0.242 e. The van der Waals surface area contributed by atoms with E-state index in [1.807, 2.05) is 31.2 Å². The molecule has 2 heterocycles. The van der Waals surface area contributed by atoms with Crippen LogP contribution in [0.3, 0.4) is 0 Å². The summed E-state index contributed by atoms with van der Waals surface area (Å²) in [5.41, 5.74) is 1.93. The van der Waals surface area contributed by atoms with E-state index in [4.69, 9.17) is 0 Å². The van der Waals surface area contributed by atoms with Gasteiger partial charge in [-0.25, -0.2) is 0 Å². The van der Waals surface area contributed by atoms with Gasteiger partial charge in [-0.15, -0.1) is 0 Å². The lowest BCUT2D eigenvalue weighted by Gasteiger charge is -2.24. The van der Waals surface area contributed by atoms with E-state index in [1.165, 1.54) is 0 Å². The molecule has 0 saturated carbocycles. The van der Waals surface area contributed by atoms with Crippen molar-refractivity contribution < 1.29 is 14.4 Å². The Bertz CT molecular complexity index is 626. The molecule has 2 fully saturated rings. The van der Waals surface area contributed by atoms with Crippen molar-refractivity contribution in [2.24, 2.45) is 5.92 Å². The largest absolute Gasteiger partial charge is 0.354 e. The van der Waals surface area contributed by atoms with Gasteiger partial charge in [0.25, 0.3) is 0 Å². The minimum atomic E-state index is -0.472. The Morgan fingerprint density at radius 1 is 1.26 bits per heavy atom. The molecule has 3 amide bonds. The highest BCUT2D eigenvalue weighted by atomic mass is 16.2. The number of aryl methyl sites for hydroxylation is 1. The molecule has 2 saturated heterocycles. The minimum absolute atomic E-state index is 0.0536. The van der Waals surface area contributed by atoms with E-state index in [0.29, 0.717) is 19.5 Å². The third kappa shape index (κ3) is 3.36. The summed E-state index contributed by atoms with van der Waals surface area (Å²) in [6, 6.07) is 7.20. The Morgan fingerprint density at radius 2 is 2.00 bits per heavy atom. The molecule has 2 atom stereocenters. The highest BCUT2D eigenvalue weighted by Crippen LogP contribution is 2.25. The van der Waals surface area contributed by atoms with E-state index in [9.17, 15) is 14.4 Å². The Hall–Kier alpha value is -2.37. The summed E-state index contributed by atoms with van der Waals surface area (Å²) in [6.45, 7) is 3.01. The Kier molecular flexibility index (Phi) is 4.32. The highest BCUT2D eigenvalue weighted by molar-refractivity contribution is 6.01. The van der Waals surface area contributed by atoms with E-state index in [-0.39, 0.29) is 24.1 Å². The van der Waals surface area contributed by atoms with Gasteiger partial charge in [-0.3, -0.25) is 14.4 Å². The smallest absolute Gasteiger partial charge is 0.242 e. The number of rotatable bonds is 3. The molecule has 3 rings (SSSR count). The van der Waals surface area contributed by atoms with Crippen LogP contribution < -0.4 is 15.5 Å². The highest BCUT2D eigenvalue weighted by Gasteiger charge is 2.36. The topological polar surface area (TPSA) is 78.5 Å². The number of amides is 3. The molecule has 0 radical (unpaired) electrons. The number of hydrogen-bond acceptors (Lipinski definition) is 3. The van der Waals surface area contributed by atoms with Gasteiger partial charge in [-0.1, -0.05) is 17.7 Å². The molecule has 6 heteroatoms. The first-order chi connectivity index (χ1) is 11.0. The first-order valence-corrected chi connectivity index (χ1v) is 8.00. The van der Waals surface area contributed by atoms with E-state index < -0.39 is 12.0 Å².